The predicted octanol–water partition coefficient (Wildman–Crippen LogP) is 2.50. The maximum absolute atomic E-state index is 12.8. The Labute approximate surface area is 124 Å². The van der Waals surface area contributed by atoms with E-state index >= 15 is 0 Å². The molecule has 1 saturated heterocycles. The Hall–Kier alpha value is -1.73. The van der Waals surface area contributed by atoms with Crippen LogP contribution < -0.4 is 0 Å². The van der Waals surface area contributed by atoms with Gasteiger partial charge in [0.2, 0.25) is 0 Å². The van der Waals surface area contributed by atoms with Crippen molar-refractivity contribution in [1.29, 1.82) is 0 Å². The van der Waals surface area contributed by atoms with Crippen molar-refractivity contribution >= 4 is 46.3 Å². The summed E-state index contributed by atoms with van der Waals surface area (Å²) in [4.78, 5) is 24.5. The summed E-state index contributed by atoms with van der Waals surface area (Å²) in [5, 5.41) is 8.96. The molecule has 0 saturated carbocycles. The number of benzene rings is 1. The van der Waals surface area contributed by atoms with Gasteiger partial charge in [-0.25, -0.2) is 9.18 Å². The minimum atomic E-state index is -1.12. The zero-order chi connectivity index (χ0) is 14.9. The summed E-state index contributed by atoms with van der Waals surface area (Å²) in [5.41, 5.74) is 0.648. The summed E-state index contributed by atoms with van der Waals surface area (Å²) in [6, 6.07) is 4.62. The standard InChI is InChI=1S/C13H10FNO3S2/c1-7(12(17)18)15-11(16)10(20-13(15)19)6-8-2-4-9(14)5-3-8/h2-7H,1H3,(H,17,18). The number of carboxylic acids is 1. The van der Waals surface area contributed by atoms with E-state index in [0.29, 0.717) is 10.5 Å². The molecule has 0 aliphatic carbocycles. The molecule has 1 atom stereocenters. The van der Waals surface area contributed by atoms with Crippen molar-refractivity contribution in [3.8, 4) is 0 Å². The number of hydrogen-bond acceptors (Lipinski definition) is 4. The molecule has 0 aromatic heterocycles. The Morgan fingerprint density at radius 3 is 2.60 bits per heavy atom. The molecule has 1 amide bonds. The fourth-order valence-electron chi connectivity index (χ4n) is 1.63. The molecule has 104 valence electrons. The molecule has 1 aromatic rings. The Balaban J connectivity index is 2.28. The summed E-state index contributed by atoms with van der Waals surface area (Å²) >= 11 is 6.07. The molecule has 2 rings (SSSR count). The number of aliphatic carboxylic acids is 1. The van der Waals surface area contributed by atoms with Gasteiger partial charge in [0.05, 0.1) is 4.91 Å². The largest absolute Gasteiger partial charge is 0.480 e. The van der Waals surface area contributed by atoms with E-state index in [1.54, 1.807) is 6.08 Å². The summed E-state index contributed by atoms with van der Waals surface area (Å²) in [6.07, 6.45) is 1.56. The van der Waals surface area contributed by atoms with Crippen LogP contribution >= 0.6 is 24.0 Å². The SMILES string of the molecule is CC(C(=O)O)N1C(=O)C(=Cc2ccc(F)cc2)SC1=S. The monoisotopic (exact) mass is 311 g/mol. The minimum Gasteiger partial charge on any atom is -0.480 e. The van der Waals surface area contributed by atoms with Crippen LogP contribution in [0.2, 0.25) is 0 Å². The number of nitrogens with zero attached hydrogens (tertiary/aromatic N) is 1. The van der Waals surface area contributed by atoms with E-state index in [4.69, 9.17) is 17.3 Å². The van der Waals surface area contributed by atoms with Gasteiger partial charge < -0.3 is 5.11 Å². The third-order valence-electron chi connectivity index (χ3n) is 2.74. The normalized spacial score (nSPS) is 18.7. The van der Waals surface area contributed by atoms with Crippen LogP contribution in [0.15, 0.2) is 29.2 Å². The highest BCUT2D eigenvalue weighted by molar-refractivity contribution is 8.26. The molecule has 0 bridgehead atoms. The molecule has 20 heavy (non-hydrogen) atoms. The highest BCUT2D eigenvalue weighted by Gasteiger charge is 2.38. The van der Waals surface area contributed by atoms with Gasteiger partial charge in [-0.3, -0.25) is 9.69 Å². The topological polar surface area (TPSA) is 57.6 Å². The third-order valence-corrected chi connectivity index (χ3v) is 4.07. The summed E-state index contributed by atoms with van der Waals surface area (Å²) in [5.74, 6) is -1.93. The van der Waals surface area contributed by atoms with Gasteiger partial charge in [-0.05, 0) is 30.7 Å². The minimum absolute atomic E-state index is 0.207. The van der Waals surface area contributed by atoms with Crippen molar-refractivity contribution in [2.45, 2.75) is 13.0 Å². The highest BCUT2D eigenvalue weighted by atomic mass is 32.2. The second kappa shape index (κ2) is 5.72. The second-order valence-corrected chi connectivity index (χ2v) is 5.79. The number of carbonyl (C=O) groups excluding carboxylic acids is 1. The van der Waals surface area contributed by atoms with Gasteiger partial charge in [-0.1, -0.05) is 36.1 Å². The maximum atomic E-state index is 12.8. The average molecular weight is 311 g/mol. The lowest BCUT2D eigenvalue weighted by atomic mass is 10.2. The highest BCUT2D eigenvalue weighted by Crippen LogP contribution is 2.33. The first kappa shape index (κ1) is 14.7. The fourth-order valence-corrected chi connectivity index (χ4v) is 3.05. The van der Waals surface area contributed by atoms with E-state index in [0.717, 1.165) is 16.7 Å². The van der Waals surface area contributed by atoms with Gasteiger partial charge in [-0.2, -0.15) is 0 Å². The van der Waals surface area contributed by atoms with Gasteiger partial charge in [0, 0.05) is 0 Å². The van der Waals surface area contributed by atoms with Crippen molar-refractivity contribution in [2.75, 3.05) is 0 Å². The van der Waals surface area contributed by atoms with Gasteiger partial charge in [0.15, 0.2) is 0 Å². The summed E-state index contributed by atoms with van der Waals surface area (Å²) < 4.78 is 13.0. The third kappa shape index (κ3) is 2.88. The number of hydrogen-bond donors (Lipinski definition) is 1. The van der Waals surface area contributed by atoms with Crippen molar-refractivity contribution in [2.24, 2.45) is 0 Å². The van der Waals surface area contributed by atoms with E-state index in [1.165, 1.54) is 31.2 Å². The molecule has 1 aliphatic rings. The molecule has 1 fully saturated rings. The number of halogens is 1. The maximum Gasteiger partial charge on any atom is 0.326 e. The second-order valence-electron chi connectivity index (χ2n) is 4.12. The fraction of sp³-hybridized carbons (Fsp3) is 0.154. The molecule has 1 unspecified atom stereocenters. The van der Waals surface area contributed by atoms with E-state index < -0.39 is 17.9 Å². The zero-order valence-corrected chi connectivity index (χ0v) is 12.0. The van der Waals surface area contributed by atoms with Crippen LogP contribution in [0.1, 0.15) is 12.5 Å². The quantitative estimate of drug-likeness (QED) is 0.686. The van der Waals surface area contributed by atoms with E-state index in [-0.39, 0.29) is 10.1 Å². The van der Waals surface area contributed by atoms with Crippen LogP contribution in [0.25, 0.3) is 6.08 Å². The molecule has 1 aliphatic heterocycles. The number of thiocarbonyl (C=S) groups is 1. The molecule has 1 aromatic carbocycles. The van der Waals surface area contributed by atoms with Crippen molar-refractivity contribution in [3.05, 3.63) is 40.6 Å². The van der Waals surface area contributed by atoms with Crippen molar-refractivity contribution < 1.29 is 19.1 Å². The van der Waals surface area contributed by atoms with Gasteiger partial charge in [0.1, 0.15) is 16.2 Å². The lowest BCUT2D eigenvalue weighted by Crippen LogP contribution is -2.41. The number of rotatable bonds is 3. The first-order chi connectivity index (χ1) is 9.40. The first-order valence-electron chi connectivity index (χ1n) is 5.65. The lowest BCUT2D eigenvalue weighted by Gasteiger charge is -2.18. The van der Waals surface area contributed by atoms with Crippen LogP contribution in [0.5, 0.6) is 0 Å². The lowest BCUT2D eigenvalue weighted by molar-refractivity contribution is -0.144. The Bertz CT molecular complexity index is 613. The molecule has 0 radical (unpaired) electrons. The predicted molar refractivity (Wildman–Crippen MR) is 78.5 cm³/mol. The number of amides is 1. The number of carbonyl (C=O) groups is 2. The van der Waals surface area contributed by atoms with Crippen molar-refractivity contribution in [1.82, 2.24) is 4.90 Å². The van der Waals surface area contributed by atoms with E-state index in [9.17, 15) is 14.0 Å². The smallest absolute Gasteiger partial charge is 0.326 e. The molecule has 4 nitrogen and oxygen atoms in total. The van der Waals surface area contributed by atoms with Crippen LogP contribution in [0, 0.1) is 5.82 Å². The molecular formula is C13H10FNO3S2. The van der Waals surface area contributed by atoms with Gasteiger partial charge in [-0.15, -0.1) is 0 Å². The average Bonchev–Trinajstić information content (AvgIpc) is 2.66. The van der Waals surface area contributed by atoms with E-state index in [2.05, 4.69) is 0 Å². The van der Waals surface area contributed by atoms with Crippen molar-refractivity contribution in [3.63, 3.8) is 0 Å². The number of carboxylic acid groups (broad SMARTS) is 1. The van der Waals surface area contributed by atoms with E-state index in [1.807, 2.05) is 0 Å². The molecule has 7 heteroatoms. The Kier molecular flexibility index (Phi) is 4.20. The van der Waals surface area contributed by atoms with Crippen LogP contribution in [0.4, 0.5) is 4.39 Å². The summed E-state index contributed by atoms with van der Waals surface area (Å²) in [7, 11) is 0. The van der Waals surface area contributed by atoms with Gasteiger partial charge >= 0.3 is 5.97 Å². The van der Waals surface area contributed by atoms with Gasteiger partial charge in [0.25, 0.3) is 5.91 Å². The number of thioether (sulfide) groups is 1. The first-order valence-corrected chi connectivity index (χ1v) is 6.88. The zero-order valence-electron chi connectivity index (χ0n) is 10.4. The van der Waals surface area contributed by atoms with Crippen LogP contribution in [0.3, 0.4) is 0 Å². The molecule has 1 heterocycles. The Morgan fingerprint density at radius 1 is 1.45 bits per heavy atom. The summed E-state index contributed by atoms with van der Waals surface area (Å²) in [6.45, 7) is 1.40. The van der Waals surface area contributed by atoms with Crippen LogP contribution in [-0.2, 0) is 9.59 Å². The van der Waals surface area contributed by atoms with Crippen LogP contribution in [-0.4, -0.2) is 32.2 Å². The molecule has 1 N–H and O–H groups in total. The molecular weight excluding hydrogens is 301 g/mol. The Morgan fingerprint density at radius 2 is 2.05 bits per heavy atom. The molecule has 0 spiro atoms.